The Labute approximate surface area is 143 Å². The minimum absolute atomic E-state index is 0.0850. The molecule has 0 aliphatic heterocycles. The third-order valence-corrected chi connectivity index (χ3v) is 3.81. The second-order valence-electron chi connectivity index (χ2n) is 5.43. The first-order chi connectivity index (χ1) is 12.0. The molecule has 2 atom stereocenters. The van der Waals surface area contributed by atoms with Gasteiger partial charge in [0.1, 0.15) is 0 Å². The van der Waals surface area contributed by atoms with Crippen molar-refractivity contribution < 1.29 is 24.3 Å². The molecule has 0 aromatic heterocycles. The molecule has 0 bridgehead atoms. The zero-order valence-corrected chi connectivity index (χ0v) is 13.6. The molecule has 2 aromatic carbocycles. The Morgan fingerprint density at radius 1 is 1.28 bits per heavy atom. The van der Waals surface area contributed by atoms with Crippen molar-refractivity contribution in [2.45, 2.75) is 18.7 Å². The SMILES string of the molecule is COc1ccc(CNC(CO)C(O)c2ccc([N+](=O)[O-])cc2)cc1F. The smallest absolute Gasteiger partial charge is 0.269 e. The highest BCUT2D eigenvalue weighted by atomic mass is 19.1. The summed E-state index contributed by atoms with van der Waals surface area (Å²) in [4.78, 5) is 10.1. The zero-order valence-electron chi connectivity index (χ0n) is 13.6. The molecule has 0 aliphatic carbocycles. The van der Waals surface area contributed by atoms with Gasteiger partial charge in [-0.1, -0.05) is 6.07 Å². The maximum atomic E-state index is 13.7. The van der Waals surface area contributed by atoms with Crippen molar-refractivity contribution >= 4 is 5.69 Å². The van der Waals surface area contributed by atoms with Crippen LogP contribution in [0.1, 0.15) is 17.2 Å². The third-order valence-electron chi connectivity index (χ3n) is 3.81. The highest BCUT2D eigenvalue weighted by Crippen LogP contribution is 2.21. The van der Waals surface area contributed by atoms with E-state index < -0.39 is 22.9 Å². The number of nitro groups is 1. The van der Waals surface area contributed by atoms with Crippen LogP contribution in [0.4, 0.5) is 10.1 Å². The molecular weight excluding hydrogens is 331 g/mol. The molecule has 134 valence electrons. The lowest BCUT2D eigenvalue weighted by Crippen LogP contribution is -2.37. The molecule has 0 heterocycles. The van der Waals surface area contributed by atoms with Gasteiger partial charge in [0.2, 0.25) is 0 Å². The maximum Gasteiger partial charge on any atom is 0.269 e. The summed E-state index contributed by atoms with van der Waals surface area (Å²) >= 11 is 0. The van der Waals surface area contributed by atoms with E-state index in [1.54, 1.807) is 6.07 Å². The molecule has 0 saturated heterocycles. The van der Waals surface area contributed by atoms with E-state index in [1.165, 1.54) is 43.5 Å². The first-order valence-corrected chi connectivity index (χ1v) is 7.55. The summed E-state index contributed by atoms with van der Waals surface area (Å²) in [6.45, 7) is -0.146. The molecule has 0 saturated carbocycles. The number of hydrogen-bond acceptors (Lipinski definition) is 6. The van der Waals surface area contributed by atoms with Crippen LogP contribution in [0.15, 0.2) is 42.5 Å². The fraction of sp³-hybridized carbons (Fsp3) is 0.294. The minimum atomic E-state index is -1.08. The number of non-ortho nitro benzene ring substituents is 1. The van der Waals surface area contributed by atoms with Crippen molar-refractivity contribution in [1.82, 2.24) is 5.32 Å². The Kier molecular flexibility index (Phi) is 6.40. The predicted molar refractivity (Wildman–Crippen MR) is 88.7 cm³/mol. The largest absolute Gasteiger partial charge is 0.494 e. The summed E-state index contributed by atoms with van der Waals surface area (Å²) in [7, 11) is 1.37. The van der Waals surface area contributed by atoms with E-state index in [2.05, 4.69) is 5.32 Å². The lowest BCUT2D eigenvalue weighted by atomic mass is 10.0. The van der Waals surface area contributed by atoms with Crippen LogP contribution in [-0.4, -0.2) is 34.9 Å². The number of aliphatic hydroxyl groups is 2. The van der Waals surface area contributed by atoms with Crippen molar-refractivity contribution in [1.29, 1.82) is 0 Å². The van der Waals surface area contributed by atoms with Crippen LogP contribution in [0.2, 0.25) is 0 Å². The van der Waals surface area contributed by atoms with Gasteiger partial charge in [0.15, 0.2) is 11.6 Å². The number of nitro benzene ring substituents is 1. The fourth-order valence-corrected chi connectivity index (χ4v) is 2.37. The molecule has 8 heteroatoms. The van der Waals surface area contributed by atoms with Gasteiger partial charge < -0.3 is 20.3 Å². The molecule has 2 aromatic rings. The van der Waals surface area contributed by atoms with Gasteiger partial charge in [-0.3, -0.25) is 10.1 Å². The van der Waals surface area contributed by atoms with Gasteiger partial charge in [-0.15, -0.1) is 0 Å². The van der Waals surface area contributed by atoms with Crippen LogP contribution >= 0.6 is 0 Å². The van der Waals surface area contributed by atoms with Crippen molar-refractivity contribution in [3.8, 4) is 5.75 Å². The number of aliphatic hydroxyl groups excluding tert-OH is 2. The molecule has 25 heavy (non-hydrogen) atoms. The Bertz CT molecular complexity index is 723. The highest BCUT2D eigenvalue weighted by Gasteiger charge is 2.20. The predicted octanol–water partition coefficient (Wildman–Crippen LogP) is 1.93. The second-order valence-corrected chi connectivity index (χ2v) is 5.43. The average molecular weight is 350 g/mol. The monoisotopic (exact) mass is 350 g/mol. The number of methoxy groups -OCH3 is 1. The van der Waals surface area contributed by atoms with Gasteiger partial charge in [-0.25, -0.2) is 4.39 Å². The van der Waals surface area contributed by atoms with E-state index >= 15 is 0 Å². The van der Waals surface area contributed by atoms with Crippen LogP contribution in [0.3, 0.4) is 0 Å². The summed E-state index contributed by atoms with van der Waals surface area (Å²) in [5, 5.41) is 33.4. The zero-order chi connectivity index (χ0) is 18.4. The van der Waals surface area contributed by atoms with Crippen molar-refractivity contribution in [2.75, 3.05) is 13.7 Å². The molecular formula is C17H19FN2O5. The molecule has 2 unspecified atom stereocenters. The van der Waals surface area contributed by atoms with Gasteiger partial charge in [-0.2, -0.15) is 0 Å². The number of benzene rings is 2. The Balaban J connectivity index is 2.03. The van der Waals surface area contributed by atoms with Gasteiger partial charge in [0.05, 0.1) is 30.8 Å². The van der Waals surface area contributed by atoms with E-state index in [9.17, 15) is 24.7 Å². The number of nitrogens with zero attached hydrogens (tertiary/aromatic N) is 1. The molecule has 7 nitrogen and oxygen atoms in total. The maximum absolute atomic E-state index is 13.7. The molecule has 0 spiro atoms. The normalized spacial score (nSPS) is 13.3. The lowest BCUT2D eigenvalue weighted by Gasteiger charge is -2.22. The van der Waals surface area contributed by atoms with Gasteiger partial charge in [-0.05, 0) is 35.4 Å². The third kappa shape index (κ3) is 4.72. The van der Waals surface area contributed by atoms with Crippen LogP contribution in [0, 0.1) is 15.9 Å². The topological polar surface area (TPSA) is 105 Å². The van der Waals surface area contributed by atoms with E-state index in [-0.39, 0.29) is 24.6 Å². The molecule has 0 amide bonds. The summed E-state index contributed by atoms with van der Waals surface area (Å²) < 4.78 is 18.5. The number of nitrogens with one attached hydrogen (secondary N) is 1. The average Bonchev–Trinajstić information content (AvgIpc) is 2.62. The van der Waals surface area contributed by atoms with Crippen molar-refractivity contribution in [2.24, 2.45) is 0 Å². The van der Waals surface area contributed by atoms with Gasteiger partial charge in [0, 0.05) is 18.7 Å². The van der Waals surface area contributed by atoms with E-state index in [4.69, 9.17) is 4.74 Å². The molecule has 0 radical (unpaired) electrons. The van der Waals surface area contributed by atoms with Crippen LogP contribution in [-0.2, 0) is 6.54 Å². The summed E-state index contributed by atoms with van der Waals surface area (Å²) in [6, 6.07) is 9.18. The summed E-state index contributed by atoms with van der Waals surface area (Å²) in [5.41, 5.74) is 0.962. The Morgan fingerprint density at radius 2 is 1.96 bits per heavy atom. The second kappa shape index (κ2) is 8.52. The van der Waals surface area contributed by atoms with Crippen LogP contribution in [0.25, 0.3) is 0 Å². The summed E-state index contributed by atoms with van der Waals surface area (Å²) in [5.74, 6) is -0.369. The quantitative estimate of drug-likeness (QED) is 0.496. The Morgan fingerprint density at radius 3 is 2.48 bits per heavy atom. The number of halogens is 1. The number of ether oxygens (including phenoxy) is 1. The van der Waals surface area contributed by atoms with Gasteiger partial charge >= 0.3 is 0 Å². The van der Waals surface area contributed by atoms with E-state index in [1.807, 2.05) is 0 Å². The Hall–Kier alpha value is -2.55. The highest BCUT2D eigenvalue weighted by molar-refractivity contribution is 5.34. The first-order valence-electron chi connectivity index (χ1n) is 7.55. The minimum Gasteiger partial charge on any atom is -0.494 e. The summed E-state index contributed by atoms with van der Waals surface area (Å²) in [6.07, 6.45) is -1.08. The molecule has 0 aliphatic rings. The molecule has 3 N–H and O–H groups in total. The fourth-order valence-electron chi connectivity index (χ4n) is 2.37. The molecule has 2 rings (SSSR count). The first kappa shape index (κ1) is 18.8. The van der Waals surface area contributed by atoms with E-state index in [0.717, 1.165) is 0 Å². The van der Waals surface area contributed by atoms with Crippen LogP contribution in [0.5, 0.6) is 5.75 Å². The van der Waals surface area contributed by atoms with Crippen molar-refractivity contribution in [3.05, 3.63) is 69.5 Å². The number of hydrogen-bond donors (Lipinski definition) is 3. The van der Waals surface area contributed by atoms with Gasteiger partial charge in [0.25, 0.3) is 5.69 Å². The standard InChI is InChI=1S/C17H19FN2O5/c1-25-16-7-2-11(8-14(16)18)9-19-15(10-21)17(22)12-3-5-13(6-4-12)20(23)24/h2-8,15,17,19,21-22H,9-10H2,1H3. The van der Waals surface area contributed by atoms with Crippen LogP contribution < -0.4 is 10.1 Å². The lowest BCUT2D eigenvalue weighted by molar-refractivity contribution is -0.384. The van der Waals surface area contributed by atoms with Crippen molar-refractivity contribution in [3.63, 3.8) is 0 Å². The van der Waals surface area contributed by atoms with E-state index in [0.29, 0.717) is 11.1 Å². The molecule has 0 fully saturated rings. The number of rotatable bonds is 8.